The zero-order valence-corrected chi connectivity index (χ0v) is 17.7. The van der Waals surface area contributed by atoms with Gasteiger partial charge in [0.15, 0.2) is 0 Å². The molecule has 1 aromatic heterocycles. The smallest absolute Gasteiger partial charge is 0.317 e. The predicted octanol–water partition coefficient (Wildman–Crippen LogP) is 6.58. The van der Waals surface area contributed by atoms with Crippen LogP contribution in [-0.4, -0.2) is 22.0 Å². The van der Waals surface area contributed by atoms with E-state index in [2.05, 4.69) is 10.3 Å². The number of anilines is 1. The van der Waals surface area contributed by atoms with E-state index in [0.29, 0.717) is 12.1 Å². The standard InChI is InChI=1S/C25H27F2N3O/c1-17-13-20(26)15-22(27)24(17)29-25(31)30(21-8-4-2-3-5-9-21)16-18-10-11-19-7-6-12-28-23(19)14-18/h6-7,10-15,21H,2-5,8-9,16H2,1H3,(H,29,31). The van der Waals surface area contributed by atoms with Crippen LogP contribution in [0, 0.1) is 18.6 Å². The molecule has 0 saturated heterocycles. The molecule has 6 heteroatoms. The Labute approximate surface area is 181 Å². The van der Waals surface area contributed by atoms with Crippen molar-refractivity contribution in [3.8, 4) is 0 Å². The van der Waals surface area contributed by atoms with Crippen molar-refractivity contribution < 1.29 is 13.6 Å². The molecule has 0 atom stereocenters. The van der Waals surface area contributed by atoms with Crippen LogP contribution < -0.4 is 5.32 Å². The molecular weight excluding hydrogens is 396 g/mol. The van der Waals surface area contributed by atoms with E-state index in [-0.39, 0.29) is 17.8 Å². The third kappa shape index (κ3) is 5.01. The molecule has 4 nitrogen and oxygen atoms in total. The lowest BCUT2D eigenvalue weighted by atomic mass is 10.1. The number of nitrogens with one attached hydrogen (secondary N) is 1. The third-order valence-corrected chi connectivity index (χ3v) is 6.03. The summed E-state index contributed by atoms with van der Waals surface area (Å²) in [5, 5.41) is 3.75. The monoisotopic (exact) mass is 423 g/mol. The number of benzene rings is 2. The molecule has 0 unspecified atom stereocenters. The minimum absolute atomic E-state index is 0.0326. The molecule has 1 aliphatic carbocycles. The van der Waals surface area contributed by atoms with Crippen molar-refractivity contribution >= 4 is 22.6 Å². The Kier molecular flexibility index (Phi) is 6.44. The van der Waals surface area contributed by atoms with Gasteiger partial charge in [0, 0.05) is 30.2 Å². The summed E-state index contributed by atoms with van der Waals surface area (Å²) in [4.78, 5) is 19.5. The Hall–Kier alpha value is -3.02. The number of nitrogens with zero attached hydrogens (tertiary/aromatic N) is 2. The lowest BCUT2D eigenvalue weighted by Crippen LogP contribution is -2.42. The van der Waals surface area contributed by atoms with E-state index in [4.69, 9.17) is 0 Å². The zero-order chi connectivity index (χ0) is 21.8. The number of aromatic nitrogens is 1. The summed E-state index contributed by atoms with van der Waals surface area (Å²) in [6.45, 7) is 2.00. The third-order valence-electron chi connectivity index (χ3n) is 6.03. The van der Waals surface area contributed by atoms with Gasteiger partial charge in [0.05, 0.1) is 11.2 Å². The summed E-state index contributed by atoms with van der Waals surface area (Å²) in [5.41, 5.74) is 2.25. The first kappa shape index (κ1) is 21.2. The van der Waals surface area contributed by atoms with Crippen molar-refractivity contribution in [3.05, 3.63) is 71.4 Å². The highest BCUT2D eigenvalue weighted by Crippen LogP contribution is 2.27. The molecule has 0 aliphatic heterocycles. The minimum atomic E-state index is -0.762. The first-order chi connectivity index (χ1) is 15.0. The molecule has 162 valence electrons. The highest BCUT2D eigenvalue weighted by molar-refractivity contribution is 5.90. The van der Waals surface area contributed by atoms with E-state index >= 15 is 0 Å². The molecule has 2 amide bonds. The topological polar surface area (TPSA) is 45.2 Å². The van der Waals surface area contributed by atoms with Gasteiger partial charge < -0.3 is 10.2 Å². The first-order valence-electron chi connectivity index (χ1n) is 10.9. The molecule has 2 aromatic carbocycles. The number of pyridine rings is 1. The molecule has 0 bridgehead atoms. The van der Waals surface area contributed by atoms with E-state index in [1.54, 1.807) is 18.0 Å². The maximum Gasteiger partial charge on any atom is 0.322 e. The van der Waals surface area contributed by atoms with Crippen molar-refractivity contribution in [1.82, 2.24) is 9.88 Å². The maximum absolute atomic E-state index is 14.4. The fourth-order valence-electron chi connectivity index (χ4n) is 4.38. The predicted molar refractivity (Wildman–Crippen MR) is 119 cm³/mol. The summed E-state index contributed by atoms with van der Waals surface area (Å²) in [6, 6.07) is 11.6. The Morgan fingerprint density at radius 1 is 1.10 bits per heavy atom. The lowest BCUT2D eigenvalue weighted by Gasteiger charge is -2.32. The Morgan fingerprint density at radius 3 is 2.61 bits per heavy atom. The molecule has 0 spiro atoms. The number of amides is 2. The van der Waals surface area contributed by atoms with Gasteiger partial charge in [-0.3, -0.25) is 4.98 Å². The van der Waals surface area contributed by atoms with E-state index in [0.717, 1.165) is 61.1 Å². The van der Waals surface area contributed by atoms with Gasteiger partial charge >= 0.3 is 6.03 Å². The summed E-state index contributed by atoms with van der Waals surface area (Å²) < 4.78 is 27.8. The molecular formula is C25H27F2N3O. The Bertz CT molecular complexity index is 1050. The molecule has 1 saturated carbocycles. The fourth-order valence-corrected chi connectivity index (χ4v) is 4.38. The molecule has 1 aliphatic rings. The van der Waals surface area contributed by atoms with Crippen LogP contribution in [0.4, 0.5) is 19.3 Å². The van der Waals surface area contributed by atoms with Crippen molar-refractivity contribution in [2.75, 3.05) is 5.32 Å². The fraction of sp³-hybridized carbons (Fsp3) is 0.360. The van der Waals surface area contributed by atoms with Crippen molar-refractivity contribution in [1.29, 1.82) is 0 Å². The summed E-state index contributed by atoms with van der Waals surface area (Å²) >= 11 is 0. The van der Waals surface area contributed by atoms with Crippen LogP contribution in [0.5, 0.6) is 0 Å². The number of carbonyl (C=O) groups is 1. The van der Waals surface area contributed by atoms with Crippen LogP contribution in [0.25, 0.3) is 10.9 Å². The second-order valence-corrected chi connectivity index (χ2v) is 8.31. The number of fused-ring (bicyclic) bond motifs is 1. The van der Waals surface area contributed by atoms with Gasteiger partial charge in [0.25, 0.3) is 0 Å². The average molecular weight is 424 g/mol. The number of hydrogen-bond acceptors (Lipinski definition) is 2. The summed E-state index contributed by atoms with van der Waals surface area (Å²) in [7, 11) is 0. The van der Waals surface area contributed by atoms with E-state index in [1.165, 1.54) is 6.07 Å². The Balaban J connectivity index is 1.62. The number of halogens is 2. The van der Waals surface area contributed by atoms with Crippen LogP contribution in [0.3, 0.4) is 0 Å². The van der Waals surface area contributed by atoms with Gasteiger partial charge in [-0.25, -0.2) is 13.6 Å². The van der Waals surface area contributed by atoms with Gasteiger partial charge in [0.2, 0.25) is 0 Å². The zero-order valence-electron chi connectivity index (χ0n) is 17.7. The molecule has 31 heavy (non-hydrogen) atoms. The van der Waals surface area contributed by atoms with Gasteiger partial charge in [-0.05, 0) is 49.1 Å². The second kappa shape index (κ2) is 9.41. The van der Waals surface area contributed by atoms with Crippen molar-refractivity contribution in [2.45, 2.75) is 58.0 Å². The van der Waals surface area contributed by atoms with Gasteiger partial charge in [-0.15, -0.1) is 0 Å². The number of urea groups is 1. The van der Waals surface area contributed by atoms with E-state index in [9.17, 15) is 13.6 Å². The quantitative estimate of drug-likeness (QED) is 0.482. The van der Waals surface area contributed by atoms with Gasteiger partial charge in [0.1, 0.15) is 11.6 Å². The highest BCUT2D eigenvalue weighted by atomic mass is 19.1. The summed E-state index contributed by atoms with van der Waals surface area (Å²) in [5.74, 6) is -1.42. The van der Waals surface area contributed by atoms with Crippen LogP contribution in [-0.2, 0) is 6.54 Å². The molecule has 3 aromatic rings. The van der Waals surface area contributed by atoms with Crippen molar-refractivity contribution in [2.24, 2.45) is 0 Å². The normalized spacial score (nSPS) is 14.9. The first-order valence-corrected chi connectivity index (χ1v) is 10.9. The number of rotatable bonds is 4. The maximum atomic E-state index is 14.4. The van der Waals surface area contributed by atoms with Crippen LogP contribution >= 0.6 is 0 Å². The van der Waals surface area contributed by atoms with Gasteiger partial charge in [-0.2, -0.15) is 0 Å². The minimum Gasteiger partial charge on any atom is -0.317 e. The number of hydrogen-bond donors (Lipinski definition) is 1. The van der Waals surface area contributed by atoms with Gasteiger partial charge in [-0.1, -0.05) is 43.9 Å². The molecule has 4 rings (SSSR count). The highest BCUT2D eigenvalue weighted by Gasteiger charge is 2.26. The number of carbonyl (C=O) groups excluding carboxylic acids is 1. The molecule has 0 radical (unpaired) electrons. The van der Waals surface area contributed by atoms with Crippen LogP contribution in [0.1, 0.15) is 49.7 Å². The second-order valence-electron chi connectivity index (χ2n) is 8.31. The van der Waals surface area contributed by atoms with E-state index in [1.807, 2.05) is 30.3 Å². The SMILES string of the molecule is Cc1cc(F)cc(F)c1NC(=O)N(Cc1ccc2cccnc2c1)C1CCCCCC1. The summed E-state index contributed by atoms with van der Waals surface area (Å²) in [6.07, 6.45) is 8.06. The van der Waals surface area contributed by atoms with Crippen molar-refractivity contribution in [3.63, 3.8) is 0 Å². The largest absolute Gasteiger partial charge is 0.322 e. The number of aryl methyl sites for hydroxylation is 1. The lowest BCUT2D eigenvalue weighted by molar-refractivity contribution is 0.175. The van der Waals surface area contributed by atoms with Crippen LogP contribution in [0.15, 0.2) is 48.7 Å². The van der Waals surface area contributed by atoms with Crippen LogP contribution in [0.2, 0.25) is 0 Å². The van der Waals surface area contributed by atoms with E-state index < -0.39 is 11.6 Å². The molecule has 1 heterocycles. The molecule has 1 fully saturated rings. The Morgan fingerprint density at radius 2 is 1.87 bits per heavy atom. The molecule has 1 N–H and O–H groups in total. The average Bonchev–Trinajstić information content (AvgIpc) is 3.03.